The number of rotatable bonds is 3. The van der Waals surface area contributed by atoms with Crippen molar-refractivity contribution in [3.8, 4) is 0 Å². The lowest BCUT2D eigenvalue weighted by atomic mass is 10.0. The average Bonchev–Trinajstić information content (AvgIpc) is 2.58. The van der Waals surface area contributed by atoms with E-state index in [9.17, 15) is 5.11 Å². The first-order valence-electron chi connectivity index (χ1n) is 5.37. The molecule has 0 aromatic heterocycles. The van der Waals surface area contributed by atoms with E-state index in [1.807, 2.05) is 6.92 Å². The molecule has 1 unspecified atom stereocenters. The molecule has 3 heteroatoms. The predicted octanol–water partition coefficient (Wildman–Crippen LogP) is -0.0915. The number of nitrogens with one attached hydrogen (secondary N) is 1. The molecular weight excluding hydrogens is 164 g/mol. The van der Waals surface area contributed by atoms with Gasteiger partial charge in [0.15, 0.2) is 0 Å². The van der Waals surface area contributed by atoms with Crippen LogP contribution in [-0.4, -0.2) is 48.8 Å². The summed E-state index contributed by atoms with van der Waals surface area (Å²) in [6.45, 7) is 7.84. The van der Waals surface area contributed by atoms with Gasteiger partial charge in [-0.05, 0) is 38.3 Å². The Kier molecular flexibility index (Phi) is 2.86. The Bertz CT molecular complexity index is 160. The van der Waals surface area contributed by atoms with Gasteiger partial charge in [0, 0.05) is 19.6 Å². The molecule has 2 N–H and O–H groups in total. The number of likely N-dealkylation sites (tertiary alicyclic amines) is 1. The quantitative estimate of drug-likeness (QED) is 0.643. The van der Waals surface area contributed by atoms with Crippen molar-refractivity contribution >= 4 is 0 Å². The maximum Gasteiger partial charge on any atom is 0.0524 e. The van der Waals surface area contributed by atoms with E-state index in [2.05, 4.69) is 10.2 Å². The number of aliphatic hydroxyl groups excluding tert-OH is 1. The van der Waals surface area contributed by atoms with Gasteiger partial charge in [0.05, 0.1) is 6.10 Å². The molecule has 0 bridgehead atoms. The lowest BCUT2D eigenvalue weighted by Gasteiger charge is -2.17. The van der Waals surface area contributed by atoms with Crippen LogP contribution in [0.5, 0.6) is 0 Å². The second-order valence-electron chi connectivity index (χ2n) is 4.58. The zero-order valence-corrected chi connectivity index (χ0v) is 8.37. The Morgan fingerprint density at radius 3 is 2.54 bits per heavy atom. The molecule has 0 aliphatic carbocycles. The summed E-state index contributed by atoms with van der Waals surface area (Å²) in [5, 5.41) is 12.6. The summed E-state index contributed by atoms with van der Waals surface area (Å²) in [7, 11) is 0. The van der Waals surface area contributed by atoms with E-state index in [1.54, 1.807) is 0 Å². The SMILES string of the molecule is CC(O)CCN1C[C@H]2CNC[C@H]2C1. The van der Waals surface area contributed by atoms with E-state index in [1.165, 1.54) is 26.2 Å². The van der Waals surface area contributed by atoms with Gasteiger partial charge in [-0.3, -0.25) is 0 Å². The third-order valence-electron chi connectivity index (χ3n) is 3.33. The van der Waals surface area contributed by atoms with Crippen molar-refractivity contribution in [2.75, 3.05) is 32.7 Å². The number of nitrogens with zero attached hydrogens (tertiary/aromatic N) is 1. The Balaban J connectivity index is 1.73. The fraction of sp³-hybridized carbons (Fsp3) is 1.00. The molecule has 2 aliphatic heterocycles. The van der Waals surface area contributed by atoms with Gasteiger partial charge in [-0.15, -0.1) is 0 Å². The molecule has 0 aromatic rings. The average molecular weight is 184 g/mol. The maximum atomic E-state index is 9.18. The lowest BCUT2D eigenvalue weighted by Crippen LogP contribution is -2.28. The van der Waals surface area contributed by atoms with E-state index in [4.69, 9.17) is 0 Å². The summed E-state index contributed by atoms with van der Waals surface area (Å²) in [5.41, 5.74) is 0. The molecule has 2 rings (SSSR count). The first-order chi connectivity index (χ1) is 6.25. The van der Waals surface area contributed by atoms with Gasteiger partial charge in [0.25, 0.3) is 0 Å². The third kappa shape index (κ3) is 2.22. The molecule has 0 amide bonds. The van der Waals surface area contributed by atoms with Crippen LogP contribution in [0.2, 0.25) is 0 Å². The van der Waals surface area contributed by atoms with E-state index in [-0.39, 0.29) is 6.10 Å². The minimum Gasteiger partial charge on any atom is -0.393 e. The van der Waals surface area contributed by atoms with E-state index in [0.29, 0.717) is 0 Å². The predicted molar refractivity (Wildman–Crippen MR) is 52.6 cm³/mol. The second-order valence-corrected chi connectivity index (χ2v) is 4.58. The first-order valence-corrected chi connectivity index (χ1v) is 5.37. The molecule has 3 atom stereocenters. The molecule has 3 nitrogen and oxygen atoms in total. The minimum absolute atomic E-state index is 0.140. The molecular formula is C10H20N2O. The summed E-state index contributed by atoms with van der Waals surface area (Å²) < 4.78 is 0. The normalized spacial score (nSPS) is 36.5. The van der Waals surface area contributed by atoms with Crippen molar-refractivity contribution in [2.45, 2.75) is 19.4 Å². The van der Waals surface area contributed by atoms with Crippen LogP contribution in [-0.2, 0) is 0 Å². The molecule has 2 fully saturated rings. The van der Waals surface area contributed by atoms with Gasteiger partial charge in [-0.1, -0.05) is 0 Å². The Morgan fingerprint density at radius 1 is 1.38 bits per heavy atom. The van der Waals surface area contributed by atoms with Crippen molar-refractivity contribution in [3.05, 3.63) is 0 Å². The molecule has 0 radical (unpaired) electrons. The van der Waals surface area contributed by atoms with Crippen LogP contribution in [0.15, 0.2) is 0 Å². The van der Waals surface area contributed by atoms with Crippen LogP contribution >= 0.6 is 0 Å². The van der Waals surface area contributed by atoms with E-state index < -0.39 is 0 Å². The summed E-state index contributed by atoms with van der Waals surface area (Å²) in [4.78, 5) is 2.50. The van der Waals surface area contributed by atoms with Gasteiger partial charge in [-0.2, -0.15) is 0 Å². The van der Waals surface area contributed by atoms with Gasteiger partial charge in [0.1, 0.15) is 0 Å². The van der Waals surface area contributed by atoms with Crippen molar-refractivity contribution in [1.29, 1.82) is 0 Å². The topological polar surface area (TPSA) is 35.5 Å². The minimum atomic E-state index is -0.140. The second kappa shape index (κ2) is 3.95. The van der Waals surface area contributed by atoms with E-state index in [0.717, 1.165) is 24.8 Å². The Labute approximate surface area is 80.1 Å². The lowest BCUT2D eigenvalue weighted by molar-refractivity contribution is 0.162. The molecule has 0 spiro atoms. The molecule has 0 aromatic carbocycles. The zero-order chi connectivity index (χ0) is 9.26. The summed E-state index contributed by atoms with van der Waals surface area (Å²) in [6, 6.07) is 0. The molecule has 0 saturated carbocycles. The van der Waals surface area contributed by atoms with Crippen molar-refractivity contribution in [2.24, 2.45) is 11.8 Å². The molecule has 2 aliphatic rings. The molecule has 76 valence electrons. The third-order valence-corrected chi connectivity index (χ3v) is 3.33. The first kappa shape index (κ1) is 9.44. The van der Waals surface area contributed by atoms with Crippen LogP contribution in [0, 0.1) is 11.8 Å². The monoisotopic (exact) mass is 184 g/mol. The highest BCUT2D eigenvalue weighted by molar-refractivity contribution is 4.91. The van der Waals surface area contributed by atoms with Crippen LogP contribution in [0.1, 0.15) is 13.3 Å². The number of hydrogen-bond acceptors (Lipinski definition) is 3. The van der Waals surface area contributed by atoms with Crippen LogP contribution < -0.4 is 5.32 Å². The van der Waals surface area contributed by atoms with Crippen molar-refractivity contribution in [1.82, 2.24) is 10.2 Å². The van der Waals surface area contributed by atoms with Crippen molar-refractivity contribution in [3.63, 3.8) is 0 Å². The summed E-state index contributed by atoms with van der Waals surface area (Å²) in [6.07, 6.45) is 0.783. The van der Waals surface area contributed by atoms with Gasteiger partial charge >= 0.3 is 0 Å². The molecule has 2 saturated heterocycles. The largest absolute Gasteiger partial charge is 0.393 e. The summed E-state index contributed by atoms with van der Waals surface area (Å²) >= 11 is 0. The van der Waals surface area contributed by atoms with Gasteiger partial charge < -0.3 is 15.3 Å². The Morgan fingerprint density at radius 2 is 2.00 bits per heavy atom. The van der Waals surface area contributed by atoms with Gasteiger partial charge in [-0.25, -0.2) is 0 Å². The fourth-order valence-electron chi connectivity index (χ4n) is 2.50. The highest BCUT2D eigenvalue weighted by Crippen LogP contribution is 2.26. The summed E-state index contributed by atoms with van der Waals surface area (Å²) in [5.74, 6) is 1.77. The molecule has 13 heavy (non-hydrogen) atoms. The number of aliphatic hydroxyl groups is 1. The fourth-order valence-corrected chi connectivity index (χ4v) is 2.50. The standard InChI is InChI=1S/C10H20N2O/c1-8(13)2-3-12-6-9-4-11-5-10(9)7-12/h8-11,13H,2-7H2,1H3/t8?,9-,10+. The molecule has 2 heterocycles. The maximum absolute atomic E-state index is 9.18. The van der Waals surface area contributed by atoms with Crippen LogP contribution in [0.4, 0.5) is 0 Å². The van der Waals surface area contributed by atoms with Crippen LogP contribution in [0.3, 0.4) is 0 Å². The van der Waals surface area contributed by atoms with Crippen LogP contribution in [0.25, 0.3) is 0 Å². The highest BCUT2D eigenvalue weighted by atomic mass is 16.3. The number of hydrogen-bond donors (Lipinski definition) is 2. The number of fused-ring (bicyclic) bond motifs is 1. The highest BCUT2D eigenvalue weighted by Gasteiger charge is 2.35. The van der Waals surface area contributed by atoms with Crippen molar-refractivity contribution < 1.29 is 5.11 Å². The van der Waals surface area contributed by atoms with E-state index >= 15 is 0 Å². The van der Waals surface area contributed by atoms with Gasteiger partial charge in [0.2, 0.25) is 0 Å². The Hall–Kier alpha value is -0.120. The smallest absolute Gasteiger partial charge is 0.0524 e. The zero-order valence-electron chi connectivity index (χ0n) is 8.37.